The molecular weight excluding hydrogens is 390 g/mol. The number of carbonyl (C=O) groups excluding carboxylic acids is 1. The predicted octanol–water partition coefficient (Wildman–Crippen LogP) is 3.98. The van der Waals surface area contributed by atoms with Gasteiger partial charge in [0.15, 0.2) is 6.29 Å². The van der Waals surface area contributed by atoms with Gasteiger partial charge in [-0.1, -0.05) is 18.2 Å². The van der Waals surface area contributed by atoms with Crippen molar-refractivity contribution in [2.24, 2.45) is 4.99 Å². The van der Waals surface area contributed by atoms with E-state index in [1.807, 2.05) is 61.3 Å². The van der Waals surface area contributed by atoms with Crippen molar-refractivity contribution in [3.63, 3.8) is 0 Å². The van der Waals surface area contributed by atoms with Gasteiger partial charge in [0.05, 0.1) is 5.69 Å². The molecular formula is C25H29N3O3. The SMILES string of the molecule is CCOC(O)C1=Cc2cc(-c3ccc(C(=O)N4CCCC4)cc3)ccc2N=C(NC)C1. The number of hydrogen-bond donors (Lipinski definition) is 2. The zero-order chi connectivity index (χ0) is 21.8. The Bertz CT molecular complexity index is 1010. The Labute approximate surface area is 183 Å². The number of aliphatic hydroxyl groups excluding tert-OH is 1. The Morgan fingerprint density at radius 1 is 1.16 bits per heavy atom. The van der Waals surface area contributed by atoms with Crippen molar-refractivity contribution < 1.29 is 14.6 Å². The highest BCUT2D eigenvalue weighted by Crippen LogP contribution is 2.32. The largest absolute Gasteiger partial charge is 0.376 e. The van der Waals surface area contributed by atoms with Gasteiger partial charge in [-0.2, -0.15) is 0 Å². The van der Waals surface area contributed by atoms with E-state index in [2.05, 4.69) is 11.4 Å². The topological polar surface area (TPSA) is 74.2 Å². The highest BCUT2D eigenvalue weighted by atomic mass is 16.6. The molecule has 2 heterocycles. The van der Waals surface area contributed by atoms with Crippen LogP contribution in [-0.4, -0.2) is 54.8 Å². The lowest BCUT2D eigenvalue weighted by atomic mass is 9.99. The molecule has 0 aromatic heterocycles. The van der Waals surface area contributed by atoms with E-state index in [0.717, 1.165) is 65.3 Å². The quantitative estimate of drug-likeness (QED) is 0.719. The minimum absolute atomic E-state index is 0.109. The van der Waals surface area contributed by atoms with E-state index in [1.54, 1.807) is 0 Å². The molecule has 1 atom stereocenters. The molecule has 31 heavy (non-hydrogen) atoms. The molecule has 162 valence electrons. The summed E-state index contributed by atoms with van der Waals surface area (Å²) in [5.74, 6) is 0.888. The molecule has 0 spiro atoms. The van der Waals surface area contributed by atoms with E-state index in [4.69, 9.17) is 9.73 Å². The zero-order valence-corrected chi connectivity index (χ0v) is 18.1. The van der Waals surface area contributed by atoms with Crippen molar-refractivity contribution in [3.8, 4) is 11.1 Å². The summed E-state index contributed by atoms with van der Waals surface area (Å²) in [4.78, 5) is 19.2. The summed E-state index contributed by atoms with van der Waals surface area (Å²) >= 11 is 0. The molecule has 6 heteroatoms. The van der Waals surface area contributed by atoms with E-state index >= 15 is 0 Å². The number of carbonyl (C=O) groups is 1. The van der Waals surface area contributed by atoms with Crippen LogP contribution < -0.4 is 5.32 Å². The van der Waals surface area contributed by atoms with Crippen LogP contribution in [0.1, 0.15) is 42.1 Å². The molecule has 1 saturated heterocycles. The minimum atomic E-state index is -0.964. The first-order valence-corrected chi connectivity index (χ1v) is 10.9. The molecule has 2 N–H and O–H groups in total. The smallest absolute Gasteiger partial charge is 0.253 e. The summed E-state index contributed by atoms with van der Waals surface area (Å²) < 4.78 is 5.41. The molecule has 2 aliphatic heterocycles. The standard InChI is InChI=1S/C25H29N3O3/c1-3-31-25(30)21-15-20-14-19(10-11-22(20)27-23(16-21)26-2)17-6-8-18(9-7-17)24(29)28-12-4-5-13-28/h6-11,14-15,25,30H,3-5,12-13,16H2,1-2H3,(H,26,27). The average molecular weight is 420 g/mol. The number of ether oxygens (including phenoxy) is 1. The van der Waals surface area contributed by atoms with Crippen molar-refractivity contribution >= 4 is 23.5 Å². The Morgan fingerprint density at radius 3 is 2.55 bits per heavy atom. The number of likely N-dealkylation sites (tertiary alicyclic amines) is 1. The molecule has 2 aromatic rings. The molecule has 0 radical (unpaired) electrons. The Kier molecular flexibility index (Phi) is 6.49. The Morgan fingerprint density at radius 2 is 1.87 bits per heavy atom. The number of aliphatic hydroxyl groups is 1. The number of nitrogens with one attached hydrogen (secondary N) is 1. The first kappa shape index (κ1) is 21.3. The van der Waals surface area contributed by atoms with E-state index in [-0.39, 0.29) is 5.91 Å². The van der Waals surface area contributed by atoms with E-state index < -0.39 is 6.29 Å². The van der Waals surface area contributed by atoms with Gasteiger partial charge in [0.25, 0.3) is 5.91 Å². The van der Waals surface area contributed by atoms with Crippen molar-refractivity contribution in [3.05, 3.63) is 59.2 Å². The van der Waals surface area contributed by atoms with E-state index in [0.29, 0.717) is 13.0 Å². The lowest BCUT2D eigenvalue weighted by Crippen LogP contribution is -2.27. The van der Waals surface area contributed by atoms with Crippen LogP contribution in [0.5, 0.6) is 0 Å². The second-order valence-corrected chi connectivity index (χ2v) is 7.86. The summed E-state index contributed by atoms with van der Waals surface area (Å²) in [7, 11) is 1.83. The first-order valence-electron chi connectivity index (χ1n) is 10.9. The number of amidine groups is 1. The Balaban J connectivity index is 1.63. The molecule has 0 bridgehead atoms. The summed E-state index contributed by atoms with van der Waals surface area (Å²) in [6.07, 6.45) is 3.66. The van der Waals surface area contributed by atoms with Crippen LogP contribution >= 0.6 is 0 Å². The van der Waals surface area contributed by atoms with Gasteiger partial charge in [0.1, 0.15) is 5.84 Å². The molecule has 1 unspecified atom stereocenters. The fraction of sp³-hybridized carbons (Fsp3) is 0.360. The second-order valence-electron chi connectivity index (χ2n) is 7.86. The van der Waals surface area contributed by atoms with Crippen LogP contribution in [0.2, 0.25) is 0 Å². The van der Waals surface area contributed by atoms with Gasteiger partial charge >= 0.3 is 0 Å². The van der Waals surface area contributed by atoms with Crippen LogP contribution in [0.25, 0.3) is 17.2 Å². The number of aliphatic imine (C=N–C) groups is 1. The monoisotopic (exact) mass is 419 g/mol. The van der Waals surface area contributed by atoms with E-state index in [9.17, 15) is 9.90 Å². The third kappa shape index (κ3) is 4.70. The highest BCUT2D eigenvalue weighted by molar-refractivity contribution is 5.95. The van der Waals surface area contributed by atoms with Crippen LogP contribution in [0, 0.1) is 0 Å². The van der Waals surface area contributed by atoms with Gasteiger partial charge < -0.3 is 20.1 Å². The number of rotatable bonds is 5. The third-order valence-electron chi connectivity index (χ3n) is 5.78. The first-order chi connectivity index (χ1) is 15.1. The van der Waals surface area contributed by atoms with Crippen LogP contribution in [0.4, 0.5) is 5.69 Å². The lowest BCUT2D eigenvalue weighted by molar-refractivity contribution is -0.0671. The van der Waals surface area contributed by atoms with Crippen molar-refractivity contribution in [1.82, 2.24) is 10.2 Å². The fourth-order valence-corrected chi connectivity index (χ4v) is 4.06. The molecule has 4 rings (SSSR count). The number of hydrogen-bond acceptors (Lipinski definition) is 5. The van der Waals surface area contributed by atoms with Crippen molar-refractivity contribution in [2.75, 3.05) is 26.7 Å². The average Bonchev–Trinajstić information content (AvgIpc) is 3.26. The van der Waals surface area contributed by atoms with Gasteiger partial charge in [-0.05, 0) is 66.8 Å². The van der Waals surface area contributed by atoms with Gasteiger partial charge in [-0.25, -0.2) is 4.99 Å². The third-order valence-corrected chi connectivity index (χ3v) is 5.78. The molecule has 2 aliphatic rings. The molecule has 0 aliphatic carbocycles. The number of amides is 1. The molecule has 1 amide bonds. The van der Waals surface area contributed by atoms with Gasteiger partial charge in [0.2, 0.25) is 0 Å². The summed E-state index contributed by atoms with van der Waals surface area (Å²) in [5, 5.41) is 13.5. The van der Waals surface area contributed by atoms with Crippen molar-refractivity contribution in [1.29, 1.82) is 0 Å². The van der Waals surface area contributed by atoms with Gasteiger partial charge in [0, 0.05) is 44.3 Å². The maximum absolute atomic E-state index is 12.6. The van der Waals surface area contributed by atoms with E-state index in [1.165, 1.54) is 0 Å². The fourth-order valence-electron chi connectivity index (χ4n) is 4.06. The maximum Gasteiger partial charge on any atom is 0.253 e. The van der Waals surface area contributed by atoms with Crippen LogP contribution in [0.15, 0.2) is 53.0 Å². The molecule has 1 fully saturated rings. The molecule has 6 nitrogen and oxygen atoms in total. The summed E-state index contributed by atoms with van der Waals surface area (Å²) in [6.45, 7) is 3.99. The minimum Gasteiger partial charge on any atom is -0.376 e. The zero-order valence-electron chi connectivity index (χ0n) is 18.1. The Hall–Kier alpha value is -2.96. The normalized spacial score (nSPS) is 16.8. The molecule has 2 aromatic carbocycles. The lowest BCUT2D eigenvalue weighted by Gasteiger charge is -2.15. The number of nitrogens with zero attached hydrogens (tertiary/aromatic N) is 2. The summed E-state index contributed by atoms with van der Waals surface area (Å²) in [5.41, 5.74) is 5.32. The number of fused-ring (bicyclic) bond motifs is 1. The predicted molar refractivity (Wildman–Crippen MR) is 123 cm³/mol. The van der Waals surface area contributed by atoms with Crippen LogP contribution in [0.3, 0.4) is 0 Å². The number of benzene rings is 2. The second kappa shape index (κ2) is 9.45. The summed E-state index contributed by atoms with van der Waals surface area (Å²) in [6, 6.07) is 13.9. The van der Waals surface area contributed by atoms with Crippen LogP contribution in [-0.2, 0) is 4.74 Å². The highest BCUT2D eigenvalue weighted by Gasteiger charge is 2.20. The van der Waals surface area contributed by atoms with Gasteiger partial charge in [-0.3, -0.25) is 4.79 Å². The van der Waals surface area contributed by atoms with Gasteiger partial charge in [-0.15, -0.1) is 0 Å². The molecule has 0 saturated carbocycles. The maximum atomic E-state index is 12.6. The van der Waals surface area contributed by atoms with Crippen molar-refractivity contribution in [2.45, 2.75) is 32.5 Å².